The molecule has 4 heteroatoms. The summed E-state index contributed by atoms with van der Waals surface area (Å²) in [5.74, 6) is -1.41. The van der Waals surface area contributed by atoms with Crippen molar-refractivity contribution in [2.24, 2.45) is 0 Å². The van der Waals surface area contributed by atoms with Crippen molar-refractivity contribution in [1.29, 1.82) is 0 Å². The maximum Gasteiger partial charge on any atom is 0.344 e. The molecule has 0 aliphatic heterocycles. The number of carbonyl (C=O) groups is 2. The molecule has 0 bridgehead atoms. The average Bonchev–Trinajstić information content (AvgIpc) is 2.60. The van der Waals surface area contributed by atoms with Crippen molar-refractivity contribution in [3.8, 4) is 5.75 Å². The Morgan fingerprint density at radius 3 is 2.28 bits per heavy atom. The van der Waals surface area contributed by atoms with Crippen LogP contribution in [-0.2, 0) is 12.8 Å². The van der Waals surface area contributed by atoms with Gasteiger partial charge >= 0.3 is 11.9 Å². The number of hydrogen-bond donors (Lipinski definition) is 1. The summed E-state index contributed by atoms with van der Waals surface area (Å²) in [6.07, 6.45) is 4.69. The maximum atomic E-state index is 12.6. The minimum atomic E-state index is -1.17. The molecule has 0 saturated carbocycles. The third kappa shape index (κ3) is 4.04. The summed E-state index contributed by atoms with van der Waals surface area (Å²) in [5, 5.41) is 9.26. The fourth-order valence-electron chi connectivity index (χ4n) is 2.64. The Labute approximate surface area is 147 Å². The standard InChI is InChI=1S/C21H20O4/c1-4-8-15-13-12-14(3)19(16(15)9-5-2)25-21(24)18-11-7-6-10-17(18)20(22)23/h4-7,10-13H,1-2,8-9H2,3H3,(H,22,23). The summed E-state index contributed by atoms with van der Waals surface area (Å²) in [7, 11) is 0. The molecule has 1 N–H and O–H groups in total. The van der Waals surface area contributed by atoms with Gasteiger partial charge in [0.25, 0.3) is 0 Å². The van der Waals surface area contributed by atoms with Crippen LogP contribution in [0.5, 0.6) is 5.75 Å². The van der Waals surface area contributed by atoms with Crippen LogP contribution in [0, 0.1) is 6.92 Å². The normalized spacial score (nSPS) is 10.1. The van der Waals surface area contributed by atoms with Crippen molar-refractivity contribution in [2.45, 2.75) is 19.8 Å². The van der Waals surface area contributed by atoms with Crippen LogP contribution in [0.3, 0.4) is 0 Å². The van der Waals surface area contributed by atoms with Crippen LogP contribution in [-0.4, -0.2) is 17.0 Å². The largest absolute Gasteiger partial charge is 0.478 e. The maximum absolute atomic E-state index is 12.6. The zero-order valence-corrected chi connectivity index (χ0v) is 14.1. The van der Waals surface area contributed by atoms with E-state index < -0.39 is 11.9 Å². The van der Waals surface area contributed by atoms with Crippen LogP contribution < -0.4 is 4.74 Å². The van der Waals surface area contributed by atoms with Crippen LogP contribution in [0.1, 0.15) is 37.4 Å². The fourth-order valence-corrected chi connectivity index (χ4v) is 2.64. The molecule has 0 heterocycles. The second-order valence-electron chi connectivity index (χ2n) is 5.58. The molecule has 2 rings (SSSR count). The molecule has 0 radical (unpaired) electrons. The average molecular weight is 336 g/mol. The smallest absolute Gasteiger partial charge is 0.344 e. The third-order valence-electron chi connectivity index (χ3n) is 3.84. The molecule has 0 saturated heterocycles. The highest BCUT2D eigenvalue weighted by atomic mass is 16.5. The van der Waals surface area contributed by atoms with E-state index in [1.807, 2.05) is 19.1 Å². The van der Waals surface area contributed by atoms with Gasteiger partial charge in [-0.3, -0.25) is 0 Å². The van der Waals surface area contributed by atoms with Gasteiger partial charge < -0.3 is 9.84 Å². The summed E-state index contributed by atoms with van der Waals surface area (Å²) >= 11 is 0. The monoisotopic (exact) mass is 336 g/mol. The minimum absolute atomic E-state index is 0.0214. The lowest BCUT2D eigenvalue weighted by atomic mass is 9.97. The molecule has 0 spiro atoms. The first kappa shape index (κ1) is 18.2. The second-order valence-corrected chi connectivity index (χ2v) is 5.58. The highest BCUT2D eigenvalue weighted by Gasteiger charge is 2.20. The summed E-state index contributed by atoms with van der Waals surface area (Å²) in [4.78, 5) is 23.9. The Morgan fingerprint density at radius 2 is 1.68 bits per heavy atom. The van der Waals surface area contributed by atoms with Gasteiger partial charge in [0, 0.05) is 5.56 Å². The van der Waals surface area contributed by atoms with E-state index in [-0.39, 0.29) is 11.1 Å². The summed E-state index contributed by atoms with van der Waals surface area (Å²) in [6, 6.07) is 9.84. The number of carbonyl (C=O) groups excluding carboxylic acids is 1. The molecule has 128 valence electrons. The first-order valence-electron chi connectivity index (χ1n) is 7.87. The Morgan fingerprint density at radius 1 is 1.04 bits per heavy atom. The van der Waals surface area contributed by atoms with E-state index in [1.54, 1.807) is 24.3 Å². The van der Waals surface area contributed by atoms with Gasteiger partial charge in [-0.1, -0.05) is 36.4 Å². The number of carboxylic acids is 1. The van der Waals surface area contributed by atoms with E-state index in [0.717, 1.165) is 16.7 Å². The van der Waals surface area contributed by atoms with Gasteiger partial charge in [0.05, 0.1) is 11.1 Å². The molecule has 0 fully saturated rings. The van der Waals surface area contributed by atoms with Gasteiger partial charge in [0.1, 0.15) is 5.75 Å². The molecule has 0 aromatic heterocycles. The first-order chi connectivity index (χ1) is 12.0. The lowest BCUT2D eigenvalue weighted by Gasteiger charge is -2.16. The molecular weight excluding hydrogens is 316 g/mol. The van der Waals surface area contributed by atoms with Crippen molar-refractivity contribution < 1.29 is 19.4 Å². The fraction of sp³-hybridized carbons (Fsp3) is 0.143. The summed E-state index contributed by atoms with van der Waals surface area (Å²) < 4.78 is 5.61. The summed E-state index contributed by atoms with van der Waals surface area (Å²) in [6.45, 7) is 9.35. The molecular formula is C21H20O4. The number of rotatable bonds is 7. The highest BCUT2D eigenvalue weighted by molar-refractivity contribution is 6.03. The van der Waals surface area contributed by atoms with Gasteiger partial charge in [-0.15, -0.1) is 13.2 Å². The molecule has 4 nitrogen and oxygen atoms in total. The molecule has 2 aromatic carbocycles. The van der Waals surface area contributed by atoms with E-state index in [4.69, 9.17) is 4.74 Å². The number of aromatic carboxylic acids is 1. The predicted molar refractivity (Wildman–Crippen MR) is 97.3 cm³/mol. The number of hydrogen-bond acceptors (Lipinski definition) is 3. The summed E-state index contributed by atoms with van der Waals surface area (Å²) in [5.41, 5.74) is 2.59. The van der Waals surface area contributed by atoms with Gasteiger partial charge in [-0.2, -0.15) is 0 Å². The Kier molecular flexibility index (Phi) is 5.90. The van der Waals surface area contributed by atoms with E-state index in [9.17, 15) is 14.7 Å². The quantitative estimate of drug-likeness (QED) is 0.463. The van der Waals surface area contributed by atoms with Crippen LogP contribution in [0.15, 0.2) is 61.7 Å². The van der Waals surface area contributed by atoms with Crippen molar-refractivity contribution in [2.75, 3.05) is 0 Å². The van der Waals surface area contributed by atoms with Crippen LogP contribution in [0.4, 0.5) is 0 Å². The number of ether oxygens (including phenoxy) is 1. The Balaban J connectivity index is 2.47. The topological polar surface area (TPSA) is 63.6 Å². The molecule has 0 aliphatic rings. The molecule has 25 heavy (non-hydrogen) atoms. The van der Waals surface area contributed by atoms with Crippen molar-refractivity contribution in [3.63, 3.8) is 0 Å². The van der Waals surface area contributed by atoms with Gasteiger partial charge in [-0.25, -0.2) is 9.59 Å². The van der Waals surface area contributed by atoms with E-state index in [2.05, 4.69) is 13.2 Å². The van der Waals surface area contributed by atoms with Crippen molar-refractivity contribution in [3.05, 3.63) is 89.5 Å². The molecule has 2 aromatic rings. The molecule has 0 unspecified atom stereocenters. The van der Waals surface area contributed by atoms with Crippen LogP contribution in [0.25, 0.3) is 0 Å². The number of carboxylic acid groups (broad SMARTS) is 1. The van der Waals surface area contributed by atoms with Crippen LogP contribution >= 0.6 is 0 Å². The molecule has 0 atom stereocenters. The Hall–Kier alpha value is -3.14. The molecule has 0 amide bonds. The number of aryl methyl sites for hydroxylation is 1. The van der Waals surface area contributed by atoms with Crippen LogP contribution in [0.2, 0.25) is 0 Å². The van der Waals surface area contributed by atoms with E-state index >= 15 is 0 Å². The van der Waals surface area contributed by atoms with E-state index in [1.165, 1.54) is 12.1 Å². The van der Waals surface area contributed by atoms with Crippen molar-refractivity contribution >= 4 is 11.9 Å². The zero-order chi connectivity index (χ0) is 18.4. The second kappa shape index (κ2) is 8.11. The van der Waals surface area contributed by atoms with Gasteiger partial charge in [0.15, 0.2) is 0 Å². The number of esters is 1. The first-order valence-corrected chi connectivity index (χ1v) is 7.87. The SMILES string of the molecule is C=CCc1ccc(C)c(OC(=O)c2ccccc2C(=O)O)c1CC=C. The third-order valence-corrected chi connectivity index (χ3v) is 3.84. The highest BCUT2D eigenvalue weighted by Crippen LogP contribution is 2.29. The number of benzene rings is 2. The minimum Gasteiger partial charge on any atom is -0.478 e. The lowest BCUT2D eigenvalue weighted by Crippen LogP contribution is -2.16. The van der Waals surface area contributed by atoms with Crippen molar-refractivity contribution in [1.82, 2.24) is 0 Å². The lowest BCUT2D eigenvalue weighted by molar-refractivity contribution is 0.0667. The predicted octanol–water partition coefficient (Wildman–Crippen LogP) is 4.37. The van der Waals surface area contributed by atoms with Gasteiger partial charge in [0.2, 0.25) is 0 Å². The molecule has 0 aliphatic carbocycles. The van der Waals surface area contributed by atoms with Gasteiger partial charge in [-0.05, 0) is 43.0 Å². The Bertz CT molecular complexity index is 834. The zero-order valence-electron chi connectivity index (χ0n) is 14.1. The number of allylic oxidation sites excluding steroid dienone is 2. The van der Waals surface area contributed by atoms with E-state index in [0.29, 0.717) is 18.6 Å².